The molecule has 0 atom stereocenters. The molecular weight excluding hydrogens is 288 g/mol. The Morgan fingerprint density at radius 1 is 1.29 bits per heavy atom. The van der Waals surface area contributed by atoms with Gasteiger partial charge < -0.3 is 5.32 Å². The van der Waals surface area contributed by atoms with Gasteiger partial charge in [-0.05, 0) is 43.2 Å². The van der Waals surface area contributed by atoms with Crippen molar-refractivity contribution in [2.45, 2.75) is 32.6 Å². The molecule has 1 aromatic carbocycles. The van der Waals surface area contributed by atoms with Crippen LogP contribution in [0.3, 0.4) is 0 Å². The summed E-state index contributed by atoms with van der Waals surface area (Å²) in [5.74, 6) is -0.366. The molecule has 0 heterocycles. The lowest BCUT2D eigenvalue weighted by Gasteiger charge is -2.20. The minimum Gasteiger partial charge on any atom is -0.322 e. The summed E-state index contributed by atoms with van der Waals surface area (Å²) >= 11 is 0. The Balaban J connectivity index is 3.39. The average molecular weight is 310 g/mol. The molecule has 6 heteroatoms. The van der Waals surface area contributed by atoms with Gasteiger partial charge in [0.15, 0.2) is 0 Å². The quantitative estimate of drug-likeness (QED) is 0.821. The maximum atomic E-state index is 12.6. The minimum absolute atomic E-state index is 0.189. The Morgan fingerprint density at radius 3 is 2.33 bits per heavy atom. The predicted octanol–water partition coefficient (Wildman–Crippen LogP) is 2.46. The summed E-state index contributed by atoms with van der Waals surface area (Å²) in [7, 11) is -3.55. The minimum atomic E-state index is -3.55. The fourth-order valence-electron chi connectivity index (χ4n) is 2.00. The smallest absolute Gasteiger partial charge is 0.247 e. The Labute approximate surface area is 126 Å². The number of sulfonamides is 1. The van der Waals surface area contributed by atoms with Crippen molar-refractivity contribution in [3.8, 4) is 0 Å². The van der Waals surface area contributed by atoms with Crippen molar-refractivity contribution < 1.29 is 13.2 Å². The number of nitrogens with one attached hydrogen (secondary N) is 1. The molecule has 0 bridgehead atoms. The van der Waals surface area contributed by atoms with Gasteiger partial charge in [0, 0.05) is 18.8 Å². The standard InChI is InChI=1S/C15H22N2O3S/c1-6-15(18)16-14-10-13(9-11(4)12(14)5)21(19,20)17(7-2)8-3/h6,9-10H,1,7-8H2,2-5H3,(H,16,18). The van der Waals surface area contributed by atoms with Gasteiger partial charge in [-0.2, -0.15) is 4.31 Å². The number of carbonyl (C=O) groups is 1. The monoisotopic (exact) mass is 310 g/mol. The number of anilines is 1. The van der Waals surface area contributed by atoms with Crippen molar-refractivity contribution in [3.05, 3.63) is 35.9 Å². The van der Waals surface area contributed by atoms with Gasteiger partial charge in [0.2, 0.25) is 15.9 Å². The molecule has 0 aliphatic rings. The molecule has 0 fully saturated rings. The average Bonchev–Trinajstić information content (AvgIpc) is 2.44. The summed E-state index contributed by atoms with van der Waals surface area (Å²) in [5, 5.41) is 2.65. The maximum absolute atomic E-state index is 12.6. The van der Waals surface area contributed by atoms with E-state index >= 15 is 0 Å². The van der Waals surface area contributed by atoms with Gasteiger partial charge >= 0.3 is 0 Å². The van der Waals surface area contributed by atoms with Crippen LogP contribution >= 0.6 is 0 Å². The number of aryl methyl sites for hydroxylation is 1. The molecule has 1 rings (SSSR count). The van der Waals surface area contributed by atoms with Crippen molar-refractivity contribution in [2.24, 2.45) is 0 Å². The number of amides is 1. The number of hydrogen-bond donors (Lipinski definition) is 1. The van der Waals surface area contributed by atoms with Crippen LogP contribution in [0.5, 0.6) is 0 Å². The first kappa shape index (κ1) is 17.4. The van der Waals surface area contributed by atoms with Crippen LogP contribution in [0.4, 0.5) is 5.69 Å². The van der Waals surface area contributed by atoms with Crippen LogP contribution in [0.15, 0.2) is 29.7 Å². The first-order valence-corrected chi connectivity index (χ1v) is 8.26. The summed E-state index contributed by atoms with van der Waals surface area (Å²) in [6, 6.07) is 3.13. The van der Waals surface area contributed by atoms with Crippen LogP contribution in [0, 0.1) is 13.8 Å². The van der Waals surface area contributed by atoms with Crippen molar-refractivity contribution in [1.82, 2.24) is 4.31 Å². The second-order valence-corrected chi connectivity index (χ2v) is 6.63. The SMILES string of the molecule is C=CC(=O)Nc1cc(S(=O)(=O)N(CC)CC)cc(C)c1C. The molecular formula is C15H22N2O3S. The van der Waals surface area contributed by atoms with Gasteiger partial charge in [-0.1, -0.05) is 20.4 Å². The number of nitrogens with zero attached hydrogens (tertiary/aromatic N) is 1. The zero-order chi connectivity index (χ0) is 16.2. The zero-order valence-electron chi connectivity index (χ0n) is 12.9. The molecule has 116 valence electrons. The maximum Gasteiger partial charge on any atom is 0.247 e. The lowest BCUT2D eigenvalue weighted by Crippen LogP contribution is -2.30. The molecule has 0 spiro atoms. The first-order chi connectivity index (χ1) is 9.77. The second kappa shape index (κ2) is 6.87. The molecule has 0 aliphatic heterocycles. The summed E-state index contributed by atoms with van der Waals surface area (Å²) in [5.41, 5.74) is 2.14. The molecule has 1 N–H and O–H groups in total. The summed E-state index contributed by atoms with van der Waals surface area (Å²) in [6.45, 7) is 11.4. The number of carbonyl (C=O) groups excluding carboxylic acids is 1. The fourth-order valence-corrected chi connectivity index (χ4v) is 3.57. The van der Waals surface area contributed by atoms with E-state index in [1.807, 2.05) is 13.8 Å². The van der Waals surface area contributed by atoms with E-state index < -0.39 is 10.0 Å². The molecule has 0 saturated carbocycles. The molecule has 0 aromatic heterocycles. The van der Waals surface area contributed by atoms with Crippen molar-refractivity contribution in [2.75, 3.05) is 18.4 Å². The zero-order valence-corrected chi connectivity index (χ0v) is 13.8. The largest absolute Gasteiger partial charge is 0.322 e. The summed E-state index contributed by atoms with van der Waals surface area (Å²) in [4.78, 5) is 11.7. The summed E-state index contributed by atoms with van der Waals surface area (Å²) in [6.07, 6.45) is 1.15. The highest BCUT2D eigenvalue weighted by Gasteiger charge is 2.23. The number of benzene rings is 1. The molecule has 0 unspecified atom stereocenters. The Bertz CT molecular complexity index is 647. The highest BCUT2D eigenvalue weighted by molar-refractivity contribution is 7.89. The summed E-state index contributed by atoms with van der Waals surface area (Å²) < 4.78 is 26.5. The van der Waals surface area contributed by atoms with Gasteiger partial charge in [0.1, 0.15) is 0 Å². The van der Waals surface area contributed by atoms with Crippen LogP contribution in [0.2, 0.25) is 0 Å². The molecule has 0 radical (unpaired) electrons. The van der Waals surface area contributed by atoms with Crippen LogP contribution in [0.25, 0.3) is 0 Å². The molecule has 0 aliphatic carbocycles. The molecule has 0 saturated heterocycles. The number of hydrogen-bond acceptors (Lipinski definition) is 3. The Hall–Kier alpha value is -1.66. The van der Waals surface area contributed by atoms with E-state index in [1.165, 1.54) is 10.4 Å². The van der Waals surface area contributed by atoms with E-state index in [0.717, 1.165) is 17.2 Å². The topological polar surface area (TPSA) is 66.5 Å². The van der Waals surface area contributed by atoms with Crippen molar-refractivity contribution >= 4 is 21.6 Å². The van der Waals surface area contributed by atoms with E-state index in [-0.39, 0.29) is 10.8 Å². The van der Waals surface area contributed by atoms with E-state index in [9.17, 15) is 13.2 Å². The Morgan fingerprint density at radius 2 is 1.86 bits per heavy atom. The molecule has 5 nitrogen and oxygen atoms in total. The van der Waals surface area contributed by atoms with Gasteiger partial charge in [-0.25, -0.2) is 8.42 Å². The third-order valence-electron chi connectivity index (χ3n) is 3.43. The van der Waals surface area contributed by atoms with Gasteiger partial charge in [0.05, 0.1) is 4.90 Å². The van der Waals surface area contributed by atoms with Gasteiger partial charge in [-0.15, -0.1) is 0 Å². The van der Waals surface area contributed by atoms with E-state index in [1.54, 1.807) is 19.9 Å². The number of rotatable bonds is 6. The van der Waals surface area contributed by atoms with E-state index in [0.29, 0.717) is 18.8 Å². The van der Waals surface area contributed by atoms with Crippen LogP contribution in [-0.4, -0.2) is 31.7 Å². The third kappa shape index (κ3) is 3.71. The van der Waals surface area contributed by atoms with Gasteiger partial charge in [0.25, 0.3) is 0 Å². The van der Waals surface area contributed by atoms with Gasteiger partial charge in [-0.3, -0.25) is 4.79 Å². The first-order valence-electron chi connectivity index (χ1n) is 6.82. The molecule has 21 heavy (non-hydrogen) atoms. The van der Waals surface area contributed by atoms with E-state index in [2.05, 4.69) is 11.9 Å². The van der Waals surface area contributed by atoms with Crippen molar-refractivity contribution in [1.29, 1.82) is 0 Å². The van der Waals surface area contributed by atoms with E-state index in [4.69, 9.17) is 0 Å². The highest BCUT2D eigenvalue weighted by atomic mass is 32.2. The molecule has 1 aromatic rings. The Kier molecular flexibility index (Phi) is 5.69. The lowest BCUT2D eigenvalue weighted by atomic mass is 10.1. The predicted molar refractivity (Wildman–Crippen MR) is 84.8 cm³/mol. The molecule has 1 amide bonds. The van der Waals surface area contributed by atoms with Crippen LogP contribution in [-0.2, 0) is 14.8 Å². The normalized spacial score (nSPS) is 11.5. The lowest BCUT2D eigenvalue weighted by molar-refractivity contribution is -0.111. The third-order valence-corrected chi connectivity index (χ3v) is 5.45. The second-order valence-electron chi connectivity index (χ2n) is 4.70. The van der Waals surface area contributed by atoms with Crippen LogP contribution < -0.4 is 5.32 Å². The van der Waals surface area contributed by atoms with Crippen molar-refractivity contribution in [3.63, 3.8) is 0 Å². The highest BCUT2D eigenvalue weighted by Crippen LogP contribution is 2.26. The fraction of sp³-hybridized carbons (Fsp3) is 0.400. The van der Waals surface area contributed by atoms with Crippen LogP contribution in [0.1, 0.15) is 25.0 Å².